The van der Waals surface area contributed by atoms with E-state index in [2.05, 4.69) is 0 Å². The number of methoxy groups -OCH3 is 7. The van der Waals surface area contributed by atoms with Crippen molar-refractivity contribution in [2.75, 3.05) is 49.8 Å². The van der Waals surface area contributed by atoms with Crippen molar-refractivity contribution >= 4 is 100 Å². The number of ether oxygens (including phenoxy) is 7. The molecule has 0 N–H and O–H groups in total. The zero-order chi connectivity index (χ0) is 106. The SMILES string of the molecule is COc1cc(C)cc(C(=O)/C=C/c2ccc(C)cc2)c1.COc1cc(C)cc(C(=O)/C=C/c2ccc(C)cc2[N+](=O)[O-])c1.COc1cc(C)cc(C(=O)/C=C/c2cccc(C)c2)c1.COc1cc(C)cc(C(=O)/C=C/c2ccccc2[N+](=O)[O-])c1.COc1ccccc1C(=O)/C=C/c1ccc(C)cc1[N+](=O)[O-].COc1ccccc1C(=O)/C=C/c1cccc(C)c1.COc1ccccc1C(=O)/C=C/c1ccccc1C. The van der Waals surface area contributed by atoms with Gasteiger partial charge in [0.05, 0.1) is 97.9 Å². The minimum absolute atomic E-state index is 0.0177. The molecule has 23 heteroatoms. The monoisotopic (exact) mass is 1940 g/mol. The molecular weight excluding hydrogens is 1830 g/mol. The van der Waals surface area contributed by atoms with Crippen molar-refractivity contribution < 1.29 is 81.5 Å². The van der Waals surface area contributed by atoms with Crippen LogP contribution in [-0.4, -0.2) is 105 Å². The summed E-state index contributed by atoms with van der Waals surface area (Å²) in [5.74, 6) is 3.38. The van der Waals surface area contributed by atoms with E-state index in [0.717, 1.165) is 61.2 Å². The molecule has 0 fully saturated rings. The summed E-state index contributed by atoms with van der Waals surface area (Å²) in [6.07, 6.45) is 22.0. The van der Waals surface area contributed by atoms with E-state index < -0.39 is 14.8 Å². The highest BCUT2D eigenvalue weighted by atomic mass is 16.6. The third-order valence-corrected chi connectivity index (χ3v) is 21.6. The number of carbonyl (C=O) groups excluding carboxylic acids is 7. The van der Waals surface area contributed by atoms with Gasteiger partial charge in [0.25, 0.3) is 17.1 Å². The van der Waals surface area contributed by atoms with Crippen LogP contribution < -0.4 is 33.2 Å². The van der Waals surface area contributed by atoms with E-state index in [1.54, 1.807) is 194 Å². The number of benzene rings is 14. The fourth-order valence-corrected chi connectivity index (χ4v) is 14.1. The minimum atomic E-state index is -0.472. The molecule has 23 nitrogen and oxygen atoms in total. The van der Waals surface area contributed by atoms with E-state index >= 15 is 0 Å². The molecule has 0 radical (unpaired) electrons. The van der Waals surface area contributed by atoms with Crippen LogP contribution >= 0.6 is 0 Å². The Hall–Kier alpha value is -18.3. The highest BCUT2D eigenvalue weighted by Gasteiger charge is 2.19. The smallest absolute Gasteiger partial charge is 0.276 e. The second kappa shape index (κ2) is 57.3. The van der Waals surface area contributed by atoms with Crippen LogP contribution in [0.2, 0.25) is 0 Å². The maximum absolute atomic E-state index is 12.3. The number of nitro benzene ring substituents is 3. The summed E-state index contributed by atoms with van der Waals surface area (Å²) >= 11 is 0. The second-order valence-corrected chi connectivity index (χ2v) is 33.0. The molecule has 0 aliphatic rings. The maximum atomic E-state index is 12.3. The van der Waals surface area contributed by atoms with E-state index in [1.807, 2.05) is 237 Å². The lowest BCUT2D eigenvalue weighted by atomic mass is 10.0. The number of nitrogens with zero attached hydrogens (tertiary/aromatic N) is 3. The summed E-state index contributed by atoms with van der Waals surface area (Å²) in [7, 11) is 10.9. The molecule has 0 heterocycles. The third-order valence-electron chi connectivity index (χ3n) is 21.6. The molecule has 14 aromatic carbocycles. The van der Waals surface area contributed by atoms with Crippen LogP contribution in [-0.2, 0) is 0 Å². The molecule has 14 rings (SSSR count). The van der Waals surface area contributed by atoms with Gasteiger partial charge < -0.3 is 33.2 Å². The first-order chi connectivity index (χ1) is 69.5. The van der Waals surface area contributed by atoms with Crippen molar-refractivity contribution in [2.24, 2.45) is 0 Å². The normalized spacial score (nSPS) is 10.7. The lowest BCUT2D eigenvalue weighted by Crippen LogP contribution is -1.98. The lowest BCUT2D eigenvalue weighted by Gasteiger charge is -2.04. The number of para-hydroxylation sites is 4. The highest BCUT2D eigenvalue weighted by Crippen LogP contribution is 2.30. The molecule has 0 bridgehead atoms. The van der Waals surface area contributed by atoms with E-state index in [0.29, 0.717) is 95.9 Å². The molecule has 145 heavy (non-hydrogen) atoms. The first-order valence-electron chi connectivity index (χ1n) is 45.6. The second-order valence-electron chi connectivity index (χ2n) is 33.0. The number of hydrogen-bond acceptors (Lipinski definition) is 20. The first-order valence-corrected chi connectivity index (χ1v) is 45.6. The number of aryl methyl sites for hydroxylation is 10. The van der Waals surface area contributed by atoms with Crippen LogP contribution in [0.4, 0.5) is 17.1 Å². The quantitative estimate of drug-likeness (QED) is 0.0169. The zero-order valence-corrected chi connectivity index (χ0v) is 84.0. The summed E-state index contributed by atoms with van der Waals surface area (Å²) in [6, 6.07) is 90.8. The van der Waals surface area contributed by atoms with Crippen LogP contribution in [0.25, 0.3) is 42.5 Å². The van der Waals surface area contributed by atoms with Crippen molar-refractivity contribution in [3.8, 4) is 40.2 Å². The number of nitro groups is 3. The maximum Gasteiger partial charge on any atom is 0.276 e. The van der Waals surface area contributed by atoms with Gasteiger partial charge in [0.15, 0.2) is 40.5 Å². The molecule has 0 atom stereocenters. The number of hydrogen-bond donors (Lipinski definition) is 0. The molecule has 0 aliphatic heterocycles. The predicted octanol–water partition coefficient (Wildman–Crippen LogP) is 27.9. The van der Waals surface area contributed by atoms with Crippen LogP contribution in [0, 0.1) is 99.6 Å². The Kier molecular flexibility index (Phi) is 44.3. The topological polar surface area (TPSA) is 314 Å². The Bertz CT molecular complexity index is 7190. The van der Waals surface area contributed by atoms with Gasteiger partial charge in [-0.2, -0.15) is 0 Å². The van der Waals surface area contributed by atoms with Gasteiger partial charge in [-0.05, 0) is 319 Å². The highest BCUT2D eigenvalue weighted by molar-refractivity contribution is 6.12. The molecule has 738 valence electrons. The number of allylic oxidation sites excluding steroid dienone is 7. The number of carbonyl (C=O) groups is 7. The molecule has 0 spiro atoms. The van der Waals surface area contributed by atoms with Gasteiger partial charge in [0.1, 0.15) is 40.2 Å². The summed E-state index contributed by atoms with van der Waals surface area (Å²) in [5, 5.41) is 33.1. The van der Waals surface area contributed by atoms with E-state index in [-0.39, 0.29) is 57.5 Å². The molecule has 0 unspecified atom stereocenters. The molecular formula is C122H115N3O20. The minimum Gasteiger partial charge on any atom is -0.497 e. The van der Waals surface area contributed by atoms with Gasteiger partial charge in [-0.3, -0.25) is 63.9 Å². The molecule has 0 saturated heterocycles. The van der Waals surface area contributed by atoms with Crippen LogP contribution in [0.3, 0.4) is 0 Å². The Morgan fingerprint density at radius 2 is 0.483 bits per heavy atom. The Balaban J connectivity index is 0.000000207. The van der Waals surface area contributed by atoms with Gasteiger partial charge in [-0.25, -0.2) is 0 Å². The number of rotatable bonds is 31. The van der Waals surface area contributed by atoms with Gasteiger partial charge in [0, 0.05) is 40.5 Å². The zero-order valence-electron chi connectivity index (χ0n) is 84.0. The van der Waals surface area contributed by atoms with E-state index in [9.17, 15) is 63.9 Å². The molecule has 14 aromatic rings. The van der Waals surface area contributed by atoms with Gasteiger partial charge in [-0.1, -0.05) is 199 Å². The van der Waals surface area contributed by atoms with Gasteiger partial charge in [0.2, 0.25) is 0 Å². The van der Waals surface area contributed by atoms with E-state index in [4.69, 9.17) is 33.2 Å². The standard InChI is InChI=1S/C18H17NO4.2C18H18O2.2C17H15NO4.2C17H16O2/c1-12-4-5-14(17(10-12)19(21)22)6-7-18(20)15-8-13(2)9-16(11-15)23-3;1-13-4-6-15(7-5-13)8-9-18(19)16-10-14(2)11-17(12-16)20-3;1-13-5-4-6-15(9-13)7-8-18(19)16-10-14(2)11-17(12-16)20-3;1-12-9-14(11-15(10-12)22-2)17(19)8-7-13-5-3-4-6-16(13)18(20)21;1-12-7-8-13(15(11-12)18(20)21)9-10-16(19)14-5-3-4-6-17(14)22-2;1-13-6-5-7-14(12-13)10-11-16(18)15-8-3-4-9-17(15)19-2;1-13-7-3-4-8-14(13)11-12-16(18)15-9-5-6-10-17(15)19-2/h4-11H,1-3H3;2*4-12H,1-3H3;2*3-11H,1-2H3;2*3-12H,1-2H3/b7-6+;9-8+;2*8-7+;10-9+;11-10+;12-11+. The molecule has 0 aromatic heterocycles. The largest absolute Gasteiger partial charge is 0.497 e. The van der Waals surface area contributed by atoms with Crippen molar-refractivity contribution in [2.45, 2.75) is 69.2 Å². The number of ketones is 7. The lowest BCUT2D eigenvalue weighted by molar-refractivity contribution is -0.385. The van der Waals surface area contributed by atoms with Crippen LogP contribution in [0.1, 0.15) is 167 Å². The predicted molar refractivity (Wildman–Crippen MR) is 577 cm³/mol. The third kappa shape index (κ3) is 36.5. The van der Waals surface area contributed by atoms with Crippen molar-refractivity contribution in [3.05, 3.63) is 510 Å². The summed E-state index contributed by atoms with van der Waals surface area (Å²) < 4.78 is 36.2. The van der Waals surface area contributed by atoms with E-state index in [1.165, 1.54) is 92.7 Å². The molecule has 0 amide bonds. The summed E-state index contributed by atoms with van der Waals surface area (Å²) in [4.78, 5) is 117. The van der Waals surface area contributed by atoms with Crippen molar-refractivity contribution in [3.63, 3.8) is 0 Å². The Morgan fingerprint density at radius 1 is 0.214 bits per heavy atom. The average Bonchev–Trinajstić information content (AvgIpc) is 0.851. The molecule has 0 saturated carbocycles. The van der Waals surface area contributed by atoms with Crippen molar-refractivity contribution in [1.82, 2.24) is 0 Å². The summed E-state index contributed by atoms with van der Waals surface area (Å²) in [6.45, 7) is 19.3. The molecule has 0 aliphatic carbocycles. The fourth-order valence-electron chi connectivity index (χ4n) is 14.1. The van der Waals surface area contributed by atoms with Gasteiger partial charge in [-0.15, -0.1) is 0 Å². The van der Waals surface area contributed by atoms with Crippen molar-refractivity contribution in [1.29, 1.82) is 0 Å². The Labute approximate surface area is 845 Å². The fraction of sp³-hybridized carbons (Fsp3) is 0.139. The van der Waals surface area contributed by atoms with Crippen LogP contribution in [0.5, 0.6) is 40.2 Å². The summed E-state index contributed by atoms with van der Waals surface area (Å²) in [5.41, 5.74) is 19.1. The van der Waals surface area contributed by atoms with Crippen LogP contribution in [0.15, 0.2) is 346 Å². The Morgan fingerprint density at radius 3 is 0.807 bits per heavy atom. The van der Waals surface area contributed by atoms with Gasteiger partial charge >= 0.3 is 0 Å². The first kappa shape index (κ1) is 112. The average molecular weight is 1940 g/mol.